The Balaban J connectivity index is 1.28. The molecular weight excluding hydrogens is 426 g/mol. The summed E-state index contributed by atoms with van der Waals surface area (Å²) in [4.78, 5) is 15.2. The number of nitrogens with one attached hydrogen (secondary N) is 1. The molecule has 3 aromatic carbocycles. The first kappa shape index (κ1) is 22.3. The second-order valence-electron chi connectivity index (χ2n) is 8.68. The number of fused-ring (bicyclic) bond motifs is 1. The average molecular weight is 456 g/mol. The molecule has 1 aliphatic heterocycles. The van der Waals surface area contributed by atoms with E-state index in [1.165, 1.54) is 16.3 Å². The number of aromatic nitrogens is 3. The monoisotopic (exact) mass is 455 g/mol. The van der Waals surface area contributed by atoms with E-state index in [4.69, 9.17) is 4.74 Å². The number of ether oxygens (including phenoxy) is 1. The molecule has 1 N–H and O–H groups in total. The lowest BCUT2D eigenvalue weighted by Gasteiger charge is -2.26. The second-order valence-corrected chi connectivity index (χ2v) is 8.68. The fourth-order valence-electron chi connectivity index (χ4n) is 4.39. The van der Waals surface area contributed by atoms with Crippen LogP contribution < -0.4 is 5.32 Å². The first-order valence-corrected chi connectivity index (χ1v) is 11.7. The highest BCUT2D eigenvalue weighted by Crippen LogP contribution is 2.22. The van der Waals surface area contributed by atoms with Crippen LogP contribution in [0.2, 0.25) is 0 Å². The molecule has 174 valence electrons. The van der Waals surface area contributed by atoms with Crippen molar-refractivity contribution in [3.8, 4) is 11.3 Å². The van der Waals surface area contributed by atoms with Crippen LogP contribution in [0.25, 0.3) is 22.0 Å². The van der Waals surface area contributed by atoms with Gasteiger partial charge in [0, 0.05) is 37.3 Å². The van der Waals surface area contributed by atoms with Crippen molar-refractivity contribution in [2.24, 2.45) is 0 Å². The Morgan fingerprint density at radius 2 is 1.88 bits per heavy atom. The summed E-state index contributed by atoms with van der Waals surface area (Å²) >= 11 is 0. The van der Waals surface area contributed by atoms with Gasteiger partial charge in [-0.1, -0.05) is 59.8 Å². The highest BCUT2D eigenvalue weighted by molar-refractivity contribution is 5.96. The van der Waals surface area contributed by atoms with Crippen LogP contribution in [0.15, 0.2) is 66.9 Å². The summed E-state index contributed by atoms with van der Waals surface area (Å²) in [6.45, 7) is 7.39. The van der Waals surface area contributed by atoms with E-state index in [1.807, 2.05) is 42.1 Å². The highest BCUT2D eigenvalue weighted by Gasteiger charge is 2.14. The molecule has 0 bridgehead atoms. The maximum Gasteiger partial charge on any atom is 0.251 e. The SMILES string of the molecule is Cc1ccc(-c2cn(Cc3cccc4ccccc34)nn2)cc1C(=O)NCCN1CCOCC1. The average Bonchev–Trinajstić information content (AvgIpc) is 3.34. The minimum Gasteiger partial charge on any atom is -0.379 e. The smallest absolute Gasteiger partial charge is 0.251 e. The first-order chi connectivity index (χ1) is 16.7. The van der Waals surface area contributed by atoms with Crippen LogP contribution in [0, 0.1) is 6.92 Å². The van der Waals surface area contributed by atoms with E-state index in [0.29, 0.717) is 18.7 Å². The number of nitrogens with zero attached hydrogens (tertiary/aromatic N) is 4. The number of hydrogen-bond donors (Lipinski definition) is 1. The fourth-order valence-corrected chi connectivity index (χ4v) is 4.39. The van der Waals surface area contributed by atoms with Gasteiger partial charge in [-0.2, -0.15) is 0 Å². The number of hydrogen-bond acceptors (Lipinski definition) is 5. The number of benzene rings is 3. The van der Waals surface area contributed by atoms with E-state index < -0.39 is 0 Å². The molecule has 0 unspecified atom stereocenters. The topological polar surface area (TPSA) is 72.3 Å². The molecule has 1 aliphatic rings. The molecule has 7 nitrogen and oxygen atoms in total. The molecule has 5 rings (SSSR count). The molecule has 0 aliphatic carbocycles. The number of carbonyl (C=O) groups is 1. The van der Waals surface area contributed by atoms with Crippen molar-refractivity contribution in [3.05, 3.63) is 83.6 Å². The van der Waals surface area contributed by atoms with E-state index in [2.05, 4.69) is 56.9 Å². The molecule has 0 saturated carbocycles. The second kappa shape index (κ2) is 10.2. The number of morpholine rings is 1. The van der Waals surface area contributed by atoms with Gasteiger partial charge in [0.1, 0.15) is 5.69 Å². The Bertz CT molecular complexity index is 1290. The zero-order valence-corrected chi connectivity index (χ0v) is 19.4. The summed E-state index contributed by atoms with van der Waals surface area (Å²) < 4.78 is 7.23. The van der Waals surface area contributed by atoms with E-state index >= 15 is 0 Å². The predicted octanol–water partition coefficient (Wildman–Crippen LogP) is 3.52. The minimum absolute atomic E-state index is 0.0595. The summed E-state index contributed by atoms with van der Waals surface area (Å²) in [7, 11) is 0. The van der Waals surface area contributed by atoms with Crippen LogP contribution in [0.4, 0.5) is 0 Å². The van der Waals surface area contributed by atoms with Gasteiger partial charge in [-0.25, -0.2) is 4.68 Å². The van der Waals surface area contributed by atoms with Crippen molar-refractivity contribution in [2.75, 3.05) is 39.4 Å². The van der Waals surface area contributed by atoms with Crippen LogP contribution in [0.1, 0.15) is 21.5 Å². The molecule has 1 aromatic heterocycles. The van der Waals surface area contributed by atoms with Gasteiger partial charge in [-0.3, -0.25) is 9.69 Å². The normalized spacial score (nSPS) is 14.4. The molecule has 1 amide bonds. The highest BCUT2D eigenvalue weighted by atomic mass is 16.5. The lowest BCUT2D eigenvalue weighted by molar-refractivity contribution is 0.0383. The van der Waals surface area contributed by atoms with E-state index in [0.717, 1.165) is 49.7 Å². The van der Waals surface area contributed by atoms with Crippen molar-refractivity contribution < 1.29 is 9.53 Å². The quantitative estimate of drug-likeness (QED) is 0.462. The summed E-state index contributed by atoms with van der Waals surface area (Å²) in [6, 6.07) is 20.5. The molecule has 1 saturated heterocycles. The summed E-state index contributed by atoms with van der Waals surface area (Å²) in [5.74, 6) is -0.0595. The first-order valence-electron chi connectivity index (χ1n) is 11.7. The molecular formula is C27H29N5O2. The maximum absolute atomic E-state index is 12.9. The largest absolute Gasteiger partial charge is 0.379 e. The van der Waals surface area contributed by atoms with Crippen molar-refractivity contribution in [2.45, 2.75) is 13.5 Å². The number of amides is 1. The van der Waals surface area contributed by atoms with Gasteiger partial charge in [0.2, 0.25) is 0 Å². The van der Waals surface area contributed by atoms with E-state index in [-0.39, 0.29) is 5.91 Å². The van der Waals surface area contributed by atoms with E-state index in [1.54, 1.807) is 0 Å². The van der Waals surface area contributed by atoms with Crippen molar-refractivity contribution >= 4 is 16.7 Å². The Kier molecular flexibility index (Phi) is 6.65. The lowest BCUT2D eigenvalue weighted by Crippen LogP contribution is -2.41. The molecule has 7 heteroatoms. The third-order valence-corrected chi connectivity index (χ3v) is 6.35. The molecule has 4 aromatic rings. The Morgan fingerprint density at radius 3 is 2.76 bits per heavy atom. The van der Waals surface area contributed by atoms with Gasteiger partial charge in [-0.15, -0.1) is 5.10 Å². The number of carbonyl (C=O) groups excluding carboxylic acids is 1. The van der Waals surface area contributed by atoms with Gasteiger partial charge in [0.15, 0.2) is 0 Å². The Labute approximate surface area is 199 Å². The molecule has 34 heavy (non-hydrogen) atoms. The van der Waals surface area contributed by atoms with Crippen molar-refractivity contribution in [3.63, 3.8) is 0 Å². The van der Waals surface area contributed by atoms with Gasteiger partial charge in [-0.05, 0) is 34.9 Å². The standard InChI is InChI=1S/C27H29N5O2/c1-20-9-10-22(17-25(20)27(33)28-11-12-31-13-15-34-16-14-31)26-19-32(30-29-26)18-23-7-4-6-21-5-2-3-8-24(21)23/h2-10,17,19H,11-16,18H2,1H3,(H,28,33). The van der Waals surface area contributed by atoms with Crippen molar-refractivity contribution in [1.82, 2.24) is 25.2 Å². The zero-order valence-electron chi connectivity index (χ0n) is 19.4. The molecule has 2 heterocycles. The third kappa shape index (κ3) is 5.00. The van der Waals surface area contributed by atoms with Crippen LogP contribution in [-0.2, 0) is 11.3 Å². The Morgan fingerprint density at radius 1 is 1.06 bits per heavy atom. The number of rotatable bonds is 7. The third-order valence-electron chi connectivity index (χ3n) is 6.35. The molecule has 1 fully saturated rings. The van der Waals surface area contributed by atoms with Gasteiger partial charge >= 0.3 is 0 Å². The maximum atomic E-state index is 12.9. The summed E-state index contributed by atoms with van der Waals surface area (Å²) in [6.07, 6.45) is 1.94. The van der Waals surface area contributed by atoms with Crippen LogP contribution in [0.3, 0.4) is 0 Å². The van der Waals surface area contributed by atoms with Crippen LogP contribution in [0.5, 0.6) is 0 Å². The van der Waals surface area contributed by atoms with Crippen LogP contribution >= 0.6 is 0 Å². The lowest BCUT2D eigenvalue weighted by atomic mass is 10.0. The van der Waals surface area contributed by atoms with Gasteiger partial charge in [0.05, 0.1) is 26.0 Å². The number of aryl methyl sites for hydroxylation is 1. The van der Waals surface area contributed by atoms with Gasteiger partial charge in [0.25, 0.3) is 5.91 Å². The predicted molar refractivity (Wildman–Crippen MR) is 133 cm³/mol. The minimum atomic E-state index is -0.0595. The van der Waals surface area contributed by atoms with E-state index in [9.17, 15) is 4.79 Å². The molecule has 0 spiro atoms. The zero-order chi connectivity index (χ0) is 23.3. The van der Waals surface area contributed by atoms with Crippen molar-refractivity contribution in [1.29, 1.82) is 0 Å². The summed E-state index contributed by atoms with van der Waals surface area (Å²) in [5, 5.41) is 14.2. The van der Waals surface area contributed by atoms with Crippen LogP contribution in [-0.4, -0.2) is 65.2 Å². The fraction of sp³-hybridized carbons (Fsp3) is 0.296. The van der Waals surface area contributed by atoms with Gasteiger partial charge < -0.3 is 10.1 Å². The Hall–Kier alpha value is -3.55. The molecule has 0 atom stereocenters. The summed E-state index contributed by atoms with van der Waals surface area (Å²) in [5.41, 5.74) is 4.44. The molecule has 0 radical (unpaired) electrons.